The van der Waals surface area contributed by atoms with E-state index < -0.39 is 9.84 Å². The second-order valence-electron chi connectivity index (χ2n) is 3.08. The molecule has 0 amide bonds. The molecule has 0 aliphatic heterocycles. The van der Waals surface area contributed by atoms with Gasteiger partial charge in [0.05, 0.1) is 16.8 Å². The number of rotatable bonds is 5. The summed E-state index contributed by atoms with van der Waals surface area (Å²) in [5.74, 6) is 0.177. The summed E-state index contributed by atoms with van der Waals surface area (Å²) in [6, 6.07) is 0.0322. The zero-order chi connectivity index (χ0) is 10.6. The fourth-order valence-corrected chi connectivity index (χ4v) is 2.40. The molecule has 80 valence electrons. The molecule has 1 N–H and O–H groups in total. The molecule has 5 nitrogen and oxygen atoms in total. The molecule has 1 atom stereocenters. The van der Waals surface area contributed by atoms with Crippen LogP contribution in [0.5, 0.6) is 0 Å². The Balaban J connectivity index is 2.57. The largest absolute Gasteiger partial charge is 0.312 e. The highest BCUT2D eigenvalue weighted by molar-refractivity contribution is 7.90. The second-order valence-corrected chi connectivity index (χ2v) is 6.16. The molecule has 1 aromatic heterocycles. The Morgan fingerprint density at radius 3 is 2.79 bits per heavy atom. The van der Waals surface area contributed by atoms with E-state index in [1.165, 1.54) is 17.8 Å². The van der Waals surface area contributed by atoms with Crippen LogP contribution in [-0.2, 0) is 9.84 Å². The molecule has 7 heteroatoms. The van der Waals surface area contributed by atoms with Gasteiger partial charge in [-0.05, 0) is 25.0 Å². The molecule has 1 heterocycles. The lowest BCUT2D eigenvalue weighted by molar-refractivity contribution is 0.564. The Morgan fingerprint density at radius 2 is 2.36 bits per heavy atom. The molecule has 0 aromatic carbocycles. The molecule has 1 rings (SSSR count). The Morgan fingerprint density at radius 1 is 1.64 bits per heavy atom. The van der Waals surface area contributed by atoms with E-state index in [-0.39, 0.29) is 11.8 Å². The van der Waals surface area contributed by atoms with Gasteiger partial charge in [-0.15, -0.1) is 5.10 Å². The fourth-order valence-electron chi connectivity index (χ4n) is 1.09. The van der Waals surface area contributed by atoms with Gasteiger partial charge in [-0.2, -0.15) is 0 Å². The molecule has 1 unspecified atom stereocenters. The highest BCUT2D eigenvalue weighted by atomic mass is 32.2. The van der Waals surface area contributed by atoms with Gasteiger partial charge in [-0.25, -0.2) is 8.42 Å². The van der Waals surface area contributed by atoms with Gasteiger partial charge in [0.1, 0.15) is 9.84 Å². The van der Waals surface area contributed by atoms with Crippen molar-refractivity contribution in [1.82, 2.24) is 14.9 Å². The number of hydrogen-bond donors (Lipinski definition) is 1. The average molecular weight is 235 g/mol. The Labute approximate surface area is 87.6 Å². The summed E-state index contributed by atoms with van der Waals surface area (Å²) in [6.07, 6.45) is 3.46. The van der Waals surface area contributed by atoms with Gasteiger partial charge in [0, 0.05) is 12.3 Å². The van der Waals surface area contributed by atoms with E-state index in [0.29, 0.717) is 6.42 Å². The van der Waals surface area contributed by atoms with Crippen LogP contribution in [0.25, 0.3) is 0 Å². The van der Waals surface area contributed by atoms with Gasteiger partial charge in [-0.3, -0.25) is 0 Å². The lowest BCUT2D eigenvalue weighted by Gasteiger charge is -2.11. The molecule has 0 fully saturated rings. The standard InChI is InChI=1S/C7H13N3O2S2/c1-8-6(3-4-14(2,11)12)7-5-9-10-13-7/h5-6,8H,3-4H2,1-2H3. The van der Waals surface area contributed by atoms with Crippen molar-refractivity contribution in [2.24, 2.45) is 0 Å². The fraction of sp³-hybridized carbons (Fsp3) is 0.714. The van der Waals surface area contributed by atoms with Crippen molar-refractivity contribution in [3.63, 3.8) is 0 Å². The lowest BCUT2D eigenvalue weighted by Crippen LogP contribution is -2.18. The van der Waals surface area contributed by atoms with Crippen LogP contribution in [0.15, 0.2) is 6.20 Å². The molecule has 14 heavy (non-hydrogen) atoms. The normalized spacial score (nSPS) is 14.1. The Kier molecular flexibility index (Phi) is 3.97. The van der Waals surface area contributed by atoms with E-state index in [4.69, 9.17) is 0 Å². The third-order valence-electron chi connectivity index (χ3n) is 1.85. The molecule has 0 spiro atoms. The van der Waals surface area contributed by atoms with Crippen molar-refractivity contribution < 1.29 is 8.42 Å². The van der Waals surface area contributed by atoms with Crippen LogP contribution in [0.2, 0.25) is 0 Å². The molecule has 0 saturated heterocycles. The Hall–Kier alpha value is -0.530. The van der Waals surface area contributed by atoms with Crippen LogP contribution < -0.4 is 5.32 Å². The average Bonchev–Trinajstić information content (AvgIpc) is 2.56. The van der Waals surface area contributed by atoms with Crippen LogP contribution >= 0.6 is 11.5 Å². The minimum absolute atomic E-state index is 0.0322. The topological polar surface area (TPSA) is 72.0 Å². The third-order valence-corrected chi connectivity index (χ3v) is 3.60. The highest BCUT2D eigenvalue weighted by Crippen LogP contribution is 2.18. The van der Waals surface area contributed by atoms with E-state index in [1.54, 1.807) is 13.2 Å². The van der Waals surface area contributed by atoms with Crippen LogP contribution in [0, 0.1) is 0 Å². The molecule has 0 aliphatic rings. The van der Waals surface area contributed by atoms with Crippen molar-refractivity contribution in [2.45, 2.75) is 12.5 Å². The number of nitrogens with one attached hydrogen (secondary N) is 1. The summed E-state index contributed by atoms with van der Waals surface area (Å²) < 4.78 is 25.7. The smallest absolute Gasteiger partial charge is 0.147 e. The maximum Gasteiger partial charge on any atom is 0.147 e. The van der Waals surface area contributed by atoms with E-state index in [0.717, 1.165) is 4.88 Å². The zero-order valence-electron chi connectivity index (χ0n) is 8.10. The maximum atomic E-state index is 11.0. The SMILES string of the molecule is CNC(CCS(C)(=O)=O)c1cnns1. The van der Waals surface area contributed by atoms with Crippen molar-refractivity contribution in [1.29, 1.82) is 0 Å². The lowest BCUT2D eigenvalue weighted by atomic mass is 10.2. The van der Waals surface area contributed by atoms with E-state index in [1.807, 2.05) is 0 Å². The Bertz CT molecular complexity index is 360. The predicted molar refractivity (Wildman–Crippen MR) is 56.0 cm³/mol. The van der Waals surface area contributed by atoms with Gasteiger partial charge < -0.3 is 5.32 Å². The van der Waals surface area contributed by atoms with Crippen molar-refractivity contribution >= 4 is 21.4 Å². The number of sulfone groups is 1. The minimum atomic E-state index is -2.90. The molecule has 0 saturated carbocycles. The van der Waals surface area contributed by atoms with Crippen LogP contribution in [0.3, 0.4) is 0 Å². The van der Waals surface area contributed by atoms with Crippen molar-refractivity contribution in [2.75, 3.05) is 19.1 Å². The van der Waals surface area contributed by atoms with E-state index >= 15 is 0 Å². The van der Waals surface area contributed by atoms with Crippen LogP contribution in [0.4, 0.5) is 0 Å². The predicted octanol–water partition coefficient (Wildman–Crippen LogP) is 0.233. The first-order valence-corrected chi connectivity index (χ1v) is 6.98. The summed E-state index contributed by atoms with van der Waals surface area (Å²) in [6.45, 7) is 0. The summed E-state index contributed by atoms with van der Waals surface area (Å²) >= 11 is 1.29. The van der Waals surface area contributed by atoms with E-state index in [2.05, 4.69) is 14.9 Å². The summed E-state index contributed by atoms with van der Waals surface area (Å²) in [5, 5.41) is 6.76. The van der Waals surface area contributed by atoms with Crippen molar-refractivity contribution in [3.8, 4) is 0 Å². The number of hydrogen-bond acceptors (Lipinski definition) is 6. The first-order valence-electron chi connectivity index (χ1n) is 4.15. The second kappa shape index (κ2) is 4.81. The summed E-state index contributed by atoms with van der Waals surface area (Å²) in [4.78, 5) is 0.969. The van der Waals surface area contributed by atoms with Crippen LogP contribution in [0.1, 0.15) is 17.3 Å². The van der Waals surface area contributed by atoms with Gasteiger partial charge in [0.25, 0.3) is 0 Å². The molecular weight excluding hydrogens is 222 g/mol. The zero-order valence-corrected chi connectivity index (χ0v) is 9.73. The van der Waals surface area contributed by atoms with Crippen molar-refractivity contribution in [3.05, 3.63) is 11.1 Å². The van der Waals surface area contributed by atoms with Gasteiger partial charge in [0.2, 0.25) is 0 Å². The maximum absolute atomic E-state index is 11.0. The first-order chi connectivity index (χ1) is 6.53. The number of aromatic nitrogens is 2. The van der Waals surface area contributed by atoms with Gasteiger partial charge in [-0.1, -0.05) is 4.49 Å². The molecule has 0 radical (unpaired) electrons. The third kappa shape index (κ3) is 3.69. The quantitative estimate of drug-likeness (QED) is 0.791. The summed E-state index contributed by atoms with van der Waals surface area (Å²) in [7, 11) is -1.10. The monoisotopic (exact) mass is 235 g/mol. The van der Waals surface area contributed by atoms with Gasteiger partial charge >= 0.3 is 0 Å². The molecule has 1 aromatic rings. The molecule has 0 aliphatic carbocycles. The minimum Gasteiger partial charge on any atom is -0.312 e. The number of nitrogens with zero attached hydrogens (tertiary/aromatic N) is 2. The summed E-state index contributed by atoms with van der Waals surface area (Å²) in [5.41, 5.74) is 0. The van der Waals surface area contributed by atoms with Gasteiger partial charge in [0.15, 0.2) is 0 Å². The molecule has 0 bridgehead atoms. The van der Waals surface area contributed by atoms with Crippen LogP contribution in [-0.4, -0.2) is 37.1 Å². The first kappa shape index (κ1) is 11.5. The van der Waals surface area contributed by atoms with E-state index in [9.17, 15) is 8.42 Å². The highest BCUT2D eigenvalue weighted by Gasteiger charge is 2.14. The molecular formula is C7H13N3O2S2.